The number of nitriles is 1. The van der Waals surface area contributed by atoms with E-state index < -0.39 is 0 Å². The van der Waals surface area contributed by atoms with Crippen molar-refractivity contribution in [3.63, 3.8) is 0 Å². The van der Waals surface area contributed by atoms with Gasteiger partial charge in [-0.2, -0.15) is 5.26 Å². The number of halogens is 1. The van der Waals surface area contributed by atoms with Gasteiger partial charge in [-0.05, 0) is 36.6 Å². The summed E-state index contributed by atoms with van der Waals surface area (Å²) in [6.45, 7) is 8.00. The first-order valence-corrected chi connectivity index (χ1v) is 9.57. The van der Waals surface area contributed by atoms with Crippen LogP contribution in [0.15, 0.2) is 60.3 Å². The molecule has 0 aromatic heterocycles. The Morgan fingerprint density at radius 1 is 1.07 bits per heavy atom. The Kier molecular flexibility index (Phi) is 8.11. The number of carbonyl (C=O) groups is 1. The molecule has 3 rings (SSSR count). The van der Waals surface area contributed by atoms with Crippen molar-refractivity contribution in [2.24, 2.45) is 0 Å². The monoisotopic (exact) mass is 410 g/mol. The van der Waals surface area contributed by atoms with E-state index in [2.05, 4.69) is 47.2 Å². The van der Waals surface area contributed by atoms with Crippen LogP contribution in [0.2, 0.25) is 0 Å². The molecule has 0 atom stereocenters. The minimum absolute atomic E-state index is 0. The number of aryl methyl sites for hydroxylation is 1. The summed E-state index contributed by atoms with van der Waals surface area (Å²) < 4.78 is 0. The summed E-state index contributed by atoms with van der Waals surface area (Å²) in [5, 5.41) is 12.2. The fourth-order valence-corrected chi connectivity index (χ4v) is 3.36. The van der Waals surface area contributed by atoms with Gasteiger partial charge >= 0.3 is 0 Å². The van der Waals surface area contributed by atoms with Crippen molar-refractivity contribution in [2.45, 2.75) is 20.4 Å². The van der Waals surface area contributed by atoms with Gasteiger partial charge in [-0.3, -0.25) is 4.79 Å². The van der Waals surface area contributed by atoms with E-state index in [0.717, 1.165) is 31.7 Å². The lowest BCUT2D eigenvalue weighted by Gasteiger charge is -2.36. The molecule has 2 aromatic rings. The summed E-state index contributed by atoms with van der Waals surface area (Å²) in [6, 6.07) is 18.1. The number of nitrogens with one attached hydrogen (secondary N) is 1. The van der Waals surface area contributed by atoms with Crippen molar-refractivity contribution in [3.8, 4) is 6.07 Å². The van der Waals surface area contributed by atoms with Gasteiger partial charge in [0, 0.05) is 44.6 Å². The van der Waals surface area contributed by atoms with Gasteiger partial charge < -0.3 is 15.1 Å². The smallest absolute Gasteiger partial charge is 0.263 e. The number of hydrogen-bond acceptors (Lipinski definition) is 4. The predicted molar refractivity (Wildman–Crippen MR) is 119 cm³/mol. The number of amides is 1. The normalized spacial score (nSPS) is 14.0. The highest BCUT2D eigenvalue weighted by atomic mass is 35.5. The quantitative estimate of drug-likeness (QED) is 0.604. The topological polar surface area (TPSA) is 59.4 Å². The number of rotatable bonds is 5. The van der Waals surface area contributed by atoms with Gasteiger partial charge in [0.2, 0.25) is 0 Å². The number of piperazine rings is 1. The molecule has 0 aliphatic carbocycles. The van der Waals surface area contributed by atoms with E-state index in [-0.39, 0.29) is 23.9 Å². The van der Waals surface area contributed by atoms with Crippen molar-refractivity contribution in [1.82, 2.24) is 10.2 Å². The number of carbonyl (C=O) groups excluding carboxylic acids is 1. The largest absolute Gasteiger partial charge is 0.373 e. The molecule has 0 bridgehead atoms. The summed E-state index contributed by atoms with van der Waals surface area (Å²) in [5.41, 5.74) is 5.03. The fourth-order valence-electron chi connectivity index (χ4n) is 3.36. The molecule has 1 aliphatic heterocycles. The second kappa shape index (κ2) is 10.5. The third kappa shape index (κ3) is 5.75. The van der Waals surface area contributed by atoms with Gasteiger partial charge in [0.1, 0.15) is 11.6 Å². The van der Waals surface area contributed by atoms with Crippen LogP contribution in [0.5, 0.6) is 0 Å². The zero-order chi connectivity index (χ0) is 19.9. The maximum atomic E-state index is 12.4. The Balaban J connectivity index is 0.00000300. The molecule has 1 amide bonds. The number of hydrogen-bond donors (Lipinski definition) is 1. The molecule has 1 saturated heterocycles. The Morgan fingerprint density at radius 2 is 1.76 bits per heavy atom. The highest BCUT2D eigenvalue weighted by molar-refractivity contribution is 5.97. The molecular formula is C23H27ClN4O. The van der Waals surface area contributed by atoms with E-state index in [4.69, 9.17) is 0 Å². The summed E-state index contributed by atoms with van der Waals surface area (Å²) in [7, 11) is 0. The Labute approximate surface area is 179 Å². The highest BCUT2D eigenvalue weighted by Crippen LogP contribution is 2.24. The van der Waals surface area contributed by atoms with E-state index in [9.17, 15) is 10.1 Å². The van der Waals surface area contributed by atoms with Gasteiger partial charge in [-0.25, -0.2) is 0 Å². The van der Waals surface area contributed by atoms with Crippen LogP contribution >= 0.6 is 12.4 Å². The first kappa shape index (κ1) is 22.3. The molecule has 1 aliphatic rings. The molecule has 2 aromatic carbocycles. The van der Waals surface area contributed by atoms with Crippen LogP contribution in [0.25, 0.3) is 0 Å². The first-order chi connectivity index (χ1) is 13.6. The van der Waals surface area contributed by atoms with Crippen LogP contribution in [0.4, 0.5) is 5.69 Å². The third-order valence-electron chi connectivity index (χ3n) is 5.20. The molecule has 1 N–H and O–H groups in total. The fraction of sp³-hybridized carbons (Fsp3) is 0.304. The zero-order valence-corrected chi connectivity index (χ0v) is 17.7. The molecule has 0 saturated carbocycles. The van der Waals surface area contributed by atoms with Crippen LogP contribution in [0.1, 0.15) is 16.7 Å². The van der Waals surface area contributed by atoms with Crippen molar-refractivity contribution >= 4 is 24.0 Å². The lowest BCUT2D eigenvalue weighted by atomic mass is 10.1. The molecule has 0 unspecified atom stereocenters. The van der Waals surface area contributed by atoms with Crippen molar-refractivity contribution in [3.05, 3.63) is 77.0 Å². The molecule has 5 nitrogen and oxygen atoms in total. The number of benzene rings is 2. The first-order valence-electron chi connectivity index (χ1n) is 9.57. The van der Waals surface area contributed by atoms with E-state index in [1.165, 1.54) is 16.8 Å². The van der Waals surface area contributed by atoms with E-state index in [1.807, 2.05) is 36.4 Å². The van der Waals surface area contributed by atoms with Gasteiger partial charge in [-0.1, -0.05) is 42.5 Å². The van der Waals surface area contributed by atoms with Crippen LogP contribution in [0.3, 0.4) is 0 Å². The summed E-state index contributed by atoms with van der Waals surface area (Å²) >= 11 is 0. The average molecular weight is 411 g/mol. The standard InChI is InChI=1S/C23H26N4O.ClH/c1-18-7-6-10-22(19(18)2)27-13-11-26(12-14-27)17-21(15-24)23(28)25-16-20-8-4-3-5-9-20;/h3-10,17H,11-14,16H2,1-2H3,(H,25,28);1H/b21-17-;. The predicted octanol–water partition coefficient (Wildman–Crippen LogP) is 3.57. The Bertz CT molecular complexity index is 897. The van der Waals surface area contributed by atoms with Crippen LogP contribution < -0.4 is 10.2 Å². The summed E-state index contributed by atoms with van der Waals surface area (Å²) in [4.78, 5) is 16.8. The second-order valence-corrected chi connectivity index (χ2v) is 7.06. The maximum Gasteiger partial charge on any atom is 0.263 e. The van der Waals surface area contributed by atoms with Crippen molar-refractivity contribution in [2.75, 3.05) is 31.1 Å². The molecule has 0 spiro atoms. The summed E-state index contributed by atoms with van der Waals surface area (Å²) in [6.07, 6.45) is 1.70. The van der Waals surface area contributed by atoms with E-state index >= 15 is 0 Å². The maximum absolute atomic E-state index is 12.4. The van der Waals surface area contributed by atoms with Gasteiger partial charge in [0.25, 0.3) is 5.91 Å². The minimum Gasteiger partial charge on any atom is -0.373 e. The van der Waals surface area contributed by atoms with Crippen molar-refractivity contribution in [1.29, 1.82) is 5.26 Å². The minimum atomic E-state index is -0.330. The molecule has 29 heavy (non-hydrogen) atoms. The lowest BCUT2D eigenvalue weighted by molar-refractivity contribution is -0.117. The molecule has 0 radical (unpaired) electrons. The molecular weight excluding hydrogens is 384 g/mol. The number of anilines is 1. The van der Waals surface area contributed by atoms with Gasteiger partial charge in [0.15, 0.2) is 0 Å². The SMILES string of the molecule is Cc1cccc(N2CCN(/C=C(/C#N)C(=O)NCc3ccccc3)CC2)c1C.Cl. The van der Waals surface area contributed by atoms with Gasteiger partial charge in [-0.15, -0.1) is 12.4 Å². The summed E-state index contributed by atoms with van der Waals surface area (Å²) in [5.74, 6) is -0.330. The van der Waals surface area contributed by atoms with E-state index in [0.29, 0.717) is 6.54 Å². The molecule has 1 fully saturated rings. The lowest BCUT2D eigenvalue weighted by Crippen LogP contribution is -2.44. The molecule has 6 heteroatoms. The van der Waals surface area contributed by atoms with Crippen LogP contribution in [0, 0.1) is 25.2 Å². The molecule has 1 heterocycles. The van der Waals surface area contributed by atoms with Crippen LogP contribution in [-0.2, 0) is 11.3 Å². The number of nitrogens with zero attached hydrogens (tertiary/aromatic N) is 3. The highest BCUT2D eigenvalue weighted by Gasteiger charge is 2.19. The zero-order valence-electron chi connectivity index (χ0n) is 16.9. The second-order valence-electron chi connectivity index (χ2n) is 7.06. The van der Waals surface area contributed by atoms with Crippen molar-refractivity contribution < 1.29 is 4.79 Å². The molecule has 152 valence electrons. The Hall–Kier alpha value is -2.97. The average Bonchev–Trinajstić information content (AvgIpc) is 2.73. The van der Waals surface area contributed by atoms with E-state index in [1.54, 1.807) is 6.20 Å². The Morgan fingerprint density at radius 3 is 2.41 bits per heavy atom. The van der Waals surface area contributed by atoms with Crippen LogP contribution in [-0.4, -0.2) is 37.0 Å². The van der Waals surface area contributed by atoms with Gasteiger partial charge in [0.05, 0.1) is 0 Å². The third-order valence-corrected chi connectivity index (χ3v) is 5.20.